The molecule has 1 atom stereocenters. The number of anilines is 1. The summed E-state index contributed by atoms with van der Waals surface area (Å²) in [6.45, 7) is 9.69. The van der Waals surface area contributed by atoms with Gasteiger partial charge in [0, 0.05) is 51.2 Å². The molecular formula is C18H28N6. The number of piperazine rings is 1. The highest BCUT2D eigenvalue weighted by Gasteiger charge is 2.19. The number of fused-ring (bicyclic) bond motifs is 1. The number of nitrogens with zero attached hydrogens (tertiary/aromatic N) is 4. The highest BCUT2D eigenvalue weighted by atomic mass is 15.4. The minimum absolute atomic E-state index is 0.581. The van der Waals surface area contributed by atoms with Gasteiger partial charge in [-0.05, 0) is 37.6 Å². The van der Waals surface area contributed by atoms with Crippen LogP contribution < -0.4 is 15.5 Å². The van der Waals surface area contributed by atoms with Gasteiger partial charge in [0.05, 0.1) is 12.2 Å². The molecular weight excluding hydrogens is 300 g/mol. The molecule has 0 spiro atoms. The Morgan fingerprint density at radius 3 is 2.96 bits per heavy atom. The van der Waals surface area contributed by atoms with Crippen LogP contribution in [0.5, 0.6) is 0 Å². The van der Waals surface area contributed by atoms with E-state index in [2.05, 4.69) is 52.6 Å². The molecule has 2 aliphatic heterocycles. The SMILES string of the molecule is C[C@H]1CN(Cc2ccc3c(N4CCCNC4)nn(C)c3c2)CCN1. The van der Waals surface area contributed by atoms with Crippen LogP contribution in [0.15, 0.2) is 18.2 Å². The molecule has 2 fully saturated rings. The predicted molar refractivity (Wildman–Crippen MR) is 98.3 cm³/mol. The van der Waals surface area contributed by atoms with Crippen molar-refractivity contribution in [2.75, 3.05) is 44.3 Å². The summed E-state index contributed by atoms with van der Waals surface area (Å²) < 4.78 is 2.03. The summed E-state index contributed by atoms with van der Waals surface area (Å²) in [7, 11) is 2.06. The van der Waals surface area contributed by atoms with E-state index in [1.807, 2.05) is 4.68 Å². The molecule has 3 heterocycles. The number of hydrogen-bond donors (Lipinski definition) is 2. The molecule has 0 amide bonds. The zero-order valence-electron chi connectivity index (χ0n) is 14.8. The lowest BCUT2D eigenvalue weighted by Crippen LogP contribution is -2.48. The summed E-state index contributed by atoms with van der Waals surface area (Å²) in [6.07, 6.45) is 1.18. The number of aryl methyl sites for hydroxylation is 1. The average molecular weight is 328 g/mol. The maximum Gasteiger partial charge on any atom is 0.159 e. The maximum absolute atomic E-state index is 4.79. The smallest absolute Gasteiger partial charge is 0.159 e. The molecule has 130 valence electrons. The molecule has 6 heteroatoms. The van der Waals surface area contributed by atoms with Crippen molar-refractivity contribution in [2.24, 2.45) is 7.05 Å². The van der Waals surface area contributed by atoms with Gasteiger partial charge in [-0.2, -0.15) is 5.10 Å². The average Bonchev–Trinajstić information content (AvgIpc) is 2.92. The standard InChI is InChI=1S/C18H28N6/c1-14-11-23(9-7-20-14)12-15-4-5-16-17(10-15)22(2)21-18(16)24-8-3-6-19-13-24/h4-5,10,14,19-20H,3,6-9,11-13H2,1-2H3/t14-/m0/s1. The van der Waals surface area contributed by atoms with Crippen molar-refractivity contribution in [2.45, 2.75) is 25.9 Å². The van der Waals surface area contributed by atoms with Gasteiger partial charge in [0.15, 0.2) is 5.82 Å². The Morgan fingerprint density at radius 2 is 2.17 bits per heavy atom. The molecule has 0 saturated carbocycles. The third kappa shape index (κ3) is 3.14. The molecule has 2 aliphatic rings. The normalized spacial score (nSPS) is 23.1. The fourth-order valence-corrected chi connectivity index (χ4v) is 3.90. The first-order valence-corrected chi connectivity index (χ1v) is 9.08. The van der Waals surface area contributed by atoms with Crippen LogP contribution in [-0.2, 0) is 13.6 Å². The number of hydrogen-bond acceptors (Lipinski definition) is 5. The fourth-order valence-electron chi connectivity index (χ4n) is 3.90. The van der Waals surface area contributed by atoms with E-state index in [9.17, 15) is 0 Å². The monoisotopic (exact) mass is 328 g/mol. The van der Waals surface area contributed by atoms with Gasteiger partial charge in [-0.3, -0.25) is 14.9 Å². The third-order valence-corrected chi connectivity index (χ3v) is 5.14. The summed E-state index contributed by atoms with van der Waals surface area (Å²) >= 11 is 0. The Bertz CT molecular complexity index is 703. The summed E-state index contributed by atoms with van der Waals surface area (Å²) in [6, 6.07) is 7.43. The summed E-state index contributed by atoms with van der Waals surface area (Å²) in [5, 5.41) is 13.0. The molecule has 1 aromatic carbocycles. The Labute approximate surface area is 143 Å². The molecule has 0 aliphatic carbocycles. The molecule has 24 heavy (non-hydrogen) atoms. The second kappa shape index (κ2) is 6.70. The molecule has 0 unspecified atom stereocenters. The van der Waals surface area contributed by atoms with Crippen molar-refractivity contribution in [1.82, 2.24) is 25.3 Å². The molecule has 4 rings (SSSR count). The van der Waals surface area contributed by atoms with E-state index in [0.717, 1.165) is 51.8 Å². The lowest BCUT2D eigenvalue weighted by Gasteiger charge is -2.31. The van der Waals surface area contributed by atoms with E-state index in [1.54, 1.807) is 0 Å². The van der Waals surface area contributed by atoms with E-state index in [4.69, 9.17) is 5.10 Å². The first-order chi connectivity index (χ1) is 11.7. The number of benzene rings is 1. The summed E-state index contributed by atoms with van der Waals surface area (Å²) in [5.74, 6) is 1.11. The molecule has 2 saturated heterocycles. The van der Waals surface area contributed by atoms with Crippen LogP contribution >= 0.6 is 0 Å². The van der Waals surface area contributed by atoms with Crippen molar-refractivity contribution in [3.63, 3.8) is 0 Å². The lowest BCUT2D eigenvalue weighted by molar-refractivity contribution is 0.200. The Kier molecular flexibility index (Phi) is 4.43. The molecule has 1 aromatic heterocycles. The highest BCUT2D eigenvalue weighted by molar-refractivity contribution is 5.91. The van der Waals surface area contributed by atoms with E-state index in [-0.39, 0.29) is 0 Å². The Morgan fingerprint density at radius 1 is 1.25 bits per heavy atom. The van der Waals surface area contributed by atoms with Crippen molar-refractivity contribution in [3.8, 4) is 0 Å². The van der Waals surface area contributed by atoms with Gasteiger partial charge < -0.3 is 10.2 Å². The summed E-state index contributed by atoms with van der Waals surface area (Å²) in [5.41, 5.74) is 2.61. The topological polar surface area (TPSA) is 48.4 Å². The minimum atomic E-state index is 0.581. The largest absolute Gasteiger partial charge is 0.342 e. The Hall–Kier alpha value is -1.63. The van der Waals surface area contributed by atoms with Gasteiger partial charge in [-0.15, -0.1) is 0 Å². The van der Waals surface area contributed by atoms with Gasteiger partial charge >= 0.3 is 0 Å². The first-order valence-electron chi connectivity index (χ1n) is 9.08. The molecule has 6 nitrogen and oxygen atoms in total. The second-order valence-corrected chi connectivity index (χ2v) is 7.16. The van der Waals surface area contributed by atoms with E-state index in [0.29, 0.717) is 6.04 Å². The zero-order valence-corrected chi connectivity index (χ0v) is 14.8. The third-order valence-electron chi connectivity index (χ3n) is 5.14. The van der Waals surface area contributed by atoms with Crippen LogP contribution in [0.2, 0.25) is 0 Å². The molecule has 2 aromatic rings. The van der Waals surface area contributed by atoms with Crippen LogP contribution in [0.25, 0.3) is 10.9 Å². The number of aromatic nitrogens is 2. The van der Waals surface area contributed by atoms with E-state index >= 15 is 0 Å². The first kappa shape index (κ1) is 15.9. The van der Waals surface area contributed by atoms with E-state index < -0.39 is 0 Å². The molecule has 2 N–H and O–H groups in total. The summed E-state index contributed by atoms with van der Waals surface area (Å²) in [4.78, 5) is 4.89. The highest BCUT2D eigenvalue weighted by Crippen LogP contribution is 2.27. The fraction of sp³-hybridized carbons (Fsp3) is 0.611. The Balaban J connectivity index is 1.58. The van der Waals surface area contributed by atoms with Crippen LogP contribution in [0.4, 0.5) is 5.82 Å². The minimum Gasteiger partial charge on any atom is -0.342 e. The lowest BCUT2D eigenvalue weighted by atomic mass is 10.1. The van der Waals surface area contributed by atoms with Crippen molar-refractivity contribution in [3.05, 3.63) is 23.8 Å². The van der Waals surface area contributed by atoms with Crippen molar-refractivity contribution in [1.29, 1.82) is 0 Å². The van der Waals surface area contributed by atoms with Gasteiger partial charge in [0.1, 0.15) is 0 Å². The van der Waals surface area contributed by atoms with Crippen LogP contribution in [-0.4, -0.2) is 60.1 Å². The predicted octanol–water partition coefficient (Wildman–Crippen LogP) is 1.12. The van der Waals surface area contributed by atoms with Gasteiger partial charge in [0.25, 0.3) is 0 Å². The van der Waals surface area contributed by atoms with Gasteiger partial charge in [-0.1, -0.05) is 6.07 Å². The molecule has 0 bridgehead atoms. The van der Waals surface area contributed by atoms with Crippen LogP contribution in [0.1, 0.15) is 18.9 Å². The maximum atomic E-state index is 4.79. The number of nitrogens with one attached hydrogen (secondary N) is 2. The van der Waals surface area contributed by atoms with Gasteiger partial charge in [0.2, 0.25) is 0 Å². The molecule has 0 radical (unpaired) electrons. The van der Waals surface area contributed by atoms with Crippen molar-refractivity contribution < 1.29 is 0 Å². The van der Waals surface area contributed by atoms with Gasteiger partial charge in [-0.25, -0.2) is 0 Å². The van der Waals surface area contributed by atoms with E-state index in [1.165, 1.54) is 22.9 Å². The van der Waals surface area contributed by atoms with Crippen LogP contribution in [0.3, 0.4) is 0 Å². The zero-order chi connectivity index (χ0) is 16.5. The second-order valence-electron chi connectivity index (χ2n) is 7.16. The van der Waals surface area contributed by atoms with Crippen molar-refractivity contribution >= 4 is 16.7 Å². The quantitative estimate of drug-likeness (QED) is 0.884. The van der Waals surface area contributed by atoms with Crippen LogP contribution in [0, 0.1) is 0 Å². The number of rotatable bonds is 3.